The molecule has 0 fully saturated rings. The number of anilines is 2. The number of hydrogen-bond donors (Lipinski definition) is 2. The van der Waals surface area contributed by atoms with Crippen molar-refractivity contribution in [3.05, 3.63) is 24.3 Å². The lowest BCUT2D eigenvalue weighted by Gasteiger charge is -2.15. The quantitative estimate of drug-likeness (QED) is 0.837. The molecule has 1 aromatic heterocycles. The molecule has 0 amide bonds. The lowest BCUT2D eigenvalue weighted by molar-refractivity contribution is 0.367. The highest BCUT2D eigenvalue weighted by Gasteiger charge is 2.05. The number of aromatic nitrogens is 2. The van der Waals surface area contributed by atoms with Crippen molar-refractivity contribution in [1.29, 1.82) is 0 Å². The van der Waals surface area contributed by atoms with E-state index in [-0.39, 0.29) is 0 Å². The molecule has 1 heterocycles. The lowest BCUT2D eigenvalue weighted by atomic mass is 10.2. The number of benzene rings is 1. The van der Waals surface area contributed by atoms with Crippen LogP contribution in [0.2, 0.25) is 0 Å². The van der Waals surface area contributed by atoms with Crippen LogP contribution < -0.4 is 11.1 Å². The number of rotatable bonds is 5. The van der Waals surface area contributed by atoms with E-state index in [9.17, 15) is 0 Å². The van der Waals surface area contributed by atoms with Gasteiger partial charge in [0, 0.05) is 18.5 Å². The fraction of sp³-hybridized carbons (Fsp3) is 0.385. The first-order valence-corrected chi connectivity index (χ1v) is 6.15. The van der Waals surface area contributed by atoms with Gasteiger partial charge in [0.25, 0.3) is 0 Å². The summed E-state index contributed by atoms with van der Waals surface area (Å²) in [4.78, 5) is 10.7. The SMILES string of the molecule is CCN(C)CCNc1nc(N)nc2ccccc12. The maximum atomic E-state index is 5.71. The van der Waals surface area contributed by atoms with Gasteiger partial charge in [-0.3, -0.25) is 0 Å². The topological polar surface area (TPSA) is 67.1 Å². The lowest BCUT2D eigenvalue weighted by Crippen LogP contribution is -2.25. The molecule has 0 aliphatic rings. The number of nitrogen functional groups attached to an aromatic ring is 1. The van der Waals surface area contributed by atoms with E-state index in [2.05, 4.69) is 34.2 Å². The van der Waals surface area contributed by atoms with Crippen LogP contribution in [0.5, 0.6) is 0 Å². The Balaban J connectivity index is 2.17. The molecule has 18 heavy (non-hydrogen) atoms. The van der Waals surface area contributed by atoms with Crippen molar-refractivity contribution in [2.75, 3.05) is 37.7 Å². The van der Waals surface area contributed by atoms with E-state index in [4.69, 9.17) is 5.73 Å². The summed E-state index contributed by atoms with van der Waals surface area (Å²) in [6.45, 7) is 4.98. The van der Waals surface area contributed by atoms with Gasteiger partial charge in [0.05, 0.1) is 5.52 Å². The van der Waals surface area contributed by atoms with Gasteiger partial charge in [0.2, 0.25) is 5.95 Å². The summed E-state index contributed by atoms with van der Waals surface area (Å²) in [5.41, 5.74) is 6.58. The van der Waals surface area contributed by atoms with Crippen LogP contribution in [-0.2, 0) is 0 Å². The van der Waals surface area contributed by atoms with Crippen LogP contribution in [-0.4, -0.2) is 41.5 Å². The van der Waals surface area contributed by atoms with Crippen molar-refractivity contribution in [3.63, 3.8) is 0 Å². The zero-order valence-electron chi connectivity index (χ0n) is 10.8. The van der Waals surface area contributed by atoms with Crippen molar-refractivity contribution >= 4 is 22.7 Å². The molecule has 0 radical (unpaired) electrons. The van der Waals surface area contributed by atoms with Gasteiger partial charge in [-0.05, 0) is 25.7 Å². The Kier molecular flexibility index (Phi) is 3.94. The molecule has 3 N–H and O–H groups in total. The Bertz CT molecular complexity index is 526. The number of fused-ring (bicyclic) bond motifs is 1. The molecule has 1 aromatic carbocycles. The predicted molar refractivity (Wildman–Crippen MR) is 75.6 cm³/mol. The fourth-order valence-corrected chi connectivity index (χ4v) is 1.75. The molecule has 0 aliphatic carbocycles. The molecule has 0 saturated carbocycles. The standard InChI is InChI=1S/C13H19N5/c1-3-18(2)9-8-15-12-10-6-4-5-7-11(10)16-13(14)17-12/h4-7H,3,8-9H2,1-2H3,(H3,14,15,16,17). The Morgan fingerprint density at radius 2 is 2.06 bits per heavy atom. The van der Waals surface area contributed by atoms with Crippen LogP contribution in [0.15, 0.2) is 24.3 Å². The van der Waals surface area contributed by atoms with Crippen LogP contribution in [0.3, 0.4) is 0 Å². The van der Waals surface area contributed by atoms with Gasteiger partial charge in [-0.1, -0.05) is 19.1 Å². The minimum absolute atomic E-state index is 0.306. The second-order valence-corrected chi connectivity index (χ2v) is 4.27. The molecule has 2 aromatic rings. The first kappa shape index (κ1) is 12.6. The van der Waals surface area contributed by atoms with Gasteiger partial charge in [0.1, 0.15) is 5.82 Å². The summed E-state index contributed by atoms with van der Waals surface area (Å²) in [7, 11) is 2.09. The number of hydrogen-bond acceptors (Lipinski definition) is 5. The Morgan fingerprint density at radius 3 is 2.83 bits per heavy atom. The van der Waals surface area contributed by atoms with E-state index in [0.29, 0.717) is 5.95 Å². The molecule has 0 bridgehead atoms. The van der Waals surface area contributed by atoms with Gasteiger partial charge >= 0.3 is 0 Å². The molecule has 2 rings (SSSR count). The van der Waals surface area contributed by atoms with Crippen molar-refractivity contribution in [2.45, 2.75) is 6.92 Å². The van der Waals surface area contributed by atoms with Crippen LogP contribution in [0, 0.1) is 0 Å². The largest absolute Gasteiger partial charge is 0.368 e. The van der Waals surface area contributed by atoms with Gasteiger partial charge in [-0.15, -0.1) is 0 Å². The van der Waals surface area contributed by atoms with E-state index >= 15 is 0 Å². The molecule has 0 atom stereocenters. The molecular formula is C13H19N5. The van der Waals surface area contributed by atoms with Crippen LogP contribution in [0.1, 0.15) is 6.92 Å². The summed E-state index contributed by atoms with van der Waals surface area (Å²) in [6.07, 6.45) is 0. The number of nitrogens with two attached hydrogens (primary N) is 1. The van der Waals surface area contributed by atoms with E-state index in [1.807, 2.05) is 24.3 Å². The third-order valence-electron chi connectivity index (χ3n) is 2.95. The second kappa shape index (κ2) is 5.64. The zero-order valence-corrected chi connectivity index (χ0v) is 10.8. The molecular weight excluding hydrogens is 226 g/mol. The monoisotopic (exact) mass is 245 g/mol. The number of likely N-dealkylation sites (N-methyl/N-ethyl adjacent to an activating group) is 1. The third kappa shape index (κ3) is 2.87. The highest BCUT2D eigenvalue weighted by atomic mass is 15.1. The first-order chi connectivity index (χ1) is 8.70. The van der Waals surface area contributed by atoms with E-state index in [0.717, 1.165) is 36.4 Å². The minimum atomic E-state index is 0.306. The fourth-order valence-electron chi connectivity index (χ4n) is 1.75. The molecule has 0 saturated heterocycles. The molecule has 5 nitrogen and oxygen atoms in total. The van der Waals surface area contributed by atoms with Crippen molar-refractivity contribution in [1.82, 2.24) is 14.9 Å². The van der Waals surface area contributed by atoms with Crippen molar-refractivity contribution in [3.8, 4) is 0 Å². The van der Waals surface area contributed by atoms with Gasteiger partial charge in [0.15, 0.2) is 0 Å². The summed E-state index contributed by atoms with van der Waals surface area (Å²) in [5, 5.41) is 4.33. The average molecular weight is 245 g/mol. The smallest absolute Gasteiger partial charge is 0.222 e. The van der Waals surface area contributed by atoms with Crippen molar-refractivity contribution in [2.24, 2.45) is 0 Å². The van der Waals surface area contributed by atoms with Crippen molar-refractivity contribution < 1.29 is 0 Å². The Labute approximate surface area is 107 Å². The summed E-state index contributed by atoms with van der Waals surface area (Å²) in [5.74, 6) is 1.11. The average Bonchev–Trinajstić information content (AvgIpc) is 2.38. The zero-order chi connectivity index (χ0) is 13.0. The highest BCUT2D eigenvalue weighted by molar-refractivity contribution is 5.89. The van der Waals surface area contributed by atoms with E-state index < -0.39 is 0 Å². The Hall–Kier alpha value is -1.88. The second-order valence-electron chi connectivity index (χ2n) is 4.27. The number of para-hydroxylation sites is 1. The predicted octanol–water partition coefficient (Wildman–Crippen LogP) is 1.58. The maximum Gasteiger partial charge on any atom is 0.222 e. The number of nitrogens with one attached hydrogen (secondary N) is 1. The van der Waals surface area contributed by atoms with E-state index in [1.54, 1.807) is 0 Å². The molecule has 0 spiro atoms. The Morgan fingerprint density at radius 1 is 1.28 bits per heavy atom. The number of nitrogens with zero attached hydrogens (tertiary/aromatic N) is 3. The van der Waals surface area contributed by atoms with Gasteiger partial charge in [-0.25, -0.2) is 4.98 Å². The minimum Gasteiger partial charge on any atom is -0.368 e. The molecule has 5 heteroatoms. The third-order valence-corrected chi connectivity index (χ3v) is 2.95. The molecule has 96 valence electrons. The van der Waals surface area contributed by atoms with Gasteiger partial charge in [-0.2, -0.15) is 4.98 Å². The first-order valence-electron chi connectivity index (χ1n) is 6.15. The normalized spacial score (nSPS) is 11.1. The molecule has 0 aliphatic heterocycles. The highest BCUT2D eigenvalue weighted by Crippen LogP contribution is 2.20. The van der Waals surface area contributed by atoms with Crippen LogP contribution in [0.4, 0.5) is 11.8 Å². The van der Waals surface area contributed by atoms with Crippen LogP contribution >= 0.6 is 0 Å². The maximum absolute atomic E-state index is 5.71. The summed E-state index contributed by atoms with van der Waals surface area (Å²) in [6, 6.07) is 7.87. The molecule has 0 unspecified atom stereocenters. The summed E-state index contributed by atoms with van der Waals surface area (Å²) < 4.78 is 0. The summed E-state index contributed by atoms with van der Waals surface area (Å²) >= 11 is 0. The van der Waals surface area contributed by atoms with Crippen LogP contribution in [0.25, 0.3) is 10.9 Å². The van der Waals surface area contributed by atoms with E-state index in [1.165, 1.54) is 0 Å². The van der Waals surface area contributed by atoms with Gasteiger partial charge < -0.3 is 16.0 Å².